The van der Waals surface area contributed by atoms with Crippen LogP contribution in [0.5, 0.6) is 0 Å². The molecule has 0 bridgehead atoms. The third-order valence-electron chi connectivity index (χ3n) is 3.12. The summed E-state index contributed by atoms with van der Waals surface area (Å²) in [5.41, 5.74) is 2.88. The maximum Gasteiger partial charge on any atom is 0.148 e. The molecule has 0 saturated heterocycles. The van der Waals surface area contributed by atoms with Crippen molar-refractivity contribution in [3.05, 3.63) is 30.0 Å². The lowest BCUT2D eigenvalue weighted by molar-refractivity contribution is 0.642. The van der Waals surface area contributed by atoms with Crippen molar-refractivity contribution in [1.82, 2.24) is 9.97 Å². The van der Waals surface area contributed by atoms with Gasteiger partial charge in [0.2, 0.25) is 0 Å². The van der Waals surface area contributed by atoms with Gasteiger partial charge in [-0.2, -0.15) is 0 Å². The molecule has 0 fully saturated rings. The third-order valence-corrected chi connectivity index (χ3v) is 3.12. The second kappa shape index (κ2) is 5.80. The highest BCUT2D eigenvalue weighted by Gasteiger charge is 2.07. The predicted octanol–water partition coefficient (Wildman–Crippen LogP) is 3.93. The summed E-state index contributed by atoms with van der Waals surface area (Å²) in [7, 11) is 0. The Morgan fingerprint density at radius 2 is 1.83 bits per heavy atom. The molecule has 1 N–H and O–H groups in total. The van der Waals surface area contributed by atoms with Gasteiger partial charge in [-0.3, -0.25) is 0 Å². The second-order valence-electron chi connectivity index (χ2n) is 4.83. The van der Waals surface area contributed by atoms with Crippen LogP contribution in [0.3, 0.4) is 0 Å². The van der Waals surface area contributed by atoms with Crippen molar-refractivity contribution >= 4 is 16.9 Å². The maximum atomic E-state index is 4.65. The van der Waals surface area contributed by atoms with E-state index in [-0.39, 0.29) is 0 Å². The van der Waals surface area contributed by atoms with Gasteiger partial charge < -0.3 is 5.32 Å². The van der Waals surface area contributed by atoms with Gasteiger partial charge in [-0.15, -0.1) is 0 Å². The van der Waals surface area contributed by atoms with Crippen molar-refractivity contribution in [2.24, 2.45) is 0 Å². The third kappa shape index (κ3) is 2.97. The molecule has 96 valence electrons. The summed E-state index contributed by atoms with van der Waals surface area (Å²) in [5.74, 6) is 0.914. The van der Waals surface area contributed by atoms with Gasteiger partial charge in [-0.1, -0.05) is 31.9 Å². The number of hydrogen-bond donors (Lipinski definition) is 1. The summed E-state index contributed by atoms with van der Waals surface area (Å²) in [6, 6.07) is 8.44. The Labute approximate surface area is 109 Å². The number of nitrogens with zero attached hydrogens (tertiary/aromatic N) is 2. The first-order valence-electron chi connectivity index (χ1n) is 6.70. The van der Waals surface area contributed by atoms with Gasteiger partial charge in [0, 0.05) is 6.04 Å². The average Bonchev–Trinajstić information content (AvgIpc) is 2.37. The zero-order valence-corrected chi connectivity index (χ0v) is 11.4. The van der Waals surface area contributed by atoms with Crippen LogP contribution in [0.15, 0.2) is 24.3 Å². The van der Waals surface area contributed by atoms with E-state index >= 15 is 0 Å². The number of anilines is 1. The highest BCUT2D eigenvalue weighted by Crippen LogP contribution is 2.17. The molecule has 2 rings (SSSR count). The number of rotatable bonds is 5. The van der Waals surface area contributed by atoms with E-state index < -0.39 is 0 Å². The SMILES string of the molecule is CCCCC(C)Nc1nc2ccccc2nc1C. The summed E-state index contributed by atoms with van der Waals surface area (Å²) in [6.45, 7) is 6.42. The van der Waals surface area contributed by atoms with Gasteiger partial charge in [0.1, 0.15) is 5.82 Å². The fraction of sp³-hybridized carbons (Fsp3) is 0.467. The quantitative estimate of drug-likeness (QED) is 0.864. The number of benzene rings is 1. The molecular weight excluding hydrogens is 222 g/mol. The van der Waals surface area contributed by atoms with Gasteiger partial charge in [0.05, 0.1) is 16.7 Å². The van der Waals surface area contributed by atoms with E-state index in [9.17, 15) is 0 Å². The molecule has 0 aliphatic carbocycles. The number of aryl methyl sites for hydroxylation is 1. The topological polar surface area (TPSA) is 37.8 Å². The normalized spacial score (nSPS) is 12.6. The van der Waals surface area contributed by atoms with Crippen molar-refractivity contribution in [3.63, 3.8) is 0 Å². The minimum absolute atomic E-state index is 0.444. The van der Waals surface area contributed by atoms with Crippen molar-refractivity contribution in [3.8, 4) is 0 Å². The fourth-order valence-corrected chi connectivity index (χ4v) is 2.04. The molecular formula is C15H21N3. The van der Waals surface area contributed by atoms with E-state index in [1.54, 1.807) is 0 Å². The van der Waals surface area contributed by atoms with Crippen molar-refractivity contribution < 1.29 is 0 Å². The van der Waals surface area contributed by atoms with Crippen molar-refractivity contribution in [1.29, 1.82) is 0 Å². The lowest BCUT2D eigenvalue weighted by Gasteiger charge is -2.15. The maximum absolute atomic E-state index is 4.65. The molecule has 0 spiro atoms. The molecule has 1 atom stereocenters. The predicted molar refractivity (Wildman–Crippen MR) is 76.9 cm³/mol. The summed E-state index contributed by atoms with van der Waals surface area (Å²) in [4.78, 5) is 9.23. The molecule has 0 saturated carbocycles. The lowest BCUT2D eigenvalue weighted by atomic mass is 10.1. The van der Waals surface area contributed by atoms with Gasteiger partial charge in [-0.25, -0.2) is 9.97 Å². The van der Waals surface area contributed by atoms with E-state index in [4.69, 9.17) is 0 Å². The molecule has 1 aromatic carbocycles. The zero-order chi connectivity index (χ0) is 13.0. The van der Waals surface area contributed by atoms with Crippen LogP contribution in [0.1, 0.15) is 38.8 Å². The lowest BCUT2D eigenvalue weighted by Crippen LogP contribution is -2.17. The Morgan fingerprint density at radius 1 is 1.17 bits per heavy atom. The van der Waals surface area contributed by atoms with Crippen LogP contribution in [-0.4, -0.2) is 16.0 Å². The Bertz CT molecular complexity index is 522. The molecule has 0 aliphatic heterocycles. The molecule has 1 heterocycles. The standard InChI is InChI=1S/C15H21N3/c1-4-5-8-11(2)16-15-12(3)17-13-9-6-7-10-14(13)18-15/h6-7,9-11H,4-5,8H2,1-3H3,(H,16,18). The largest absolute Gasteiger partial charge is 0.366 e. The van der Waals surface area contributed by atoms with E-state index in [1.807, 2.05) is 31.2 Å². The van der Waals surface area contributed by atoms with Crippen LogP contribution in [0.2, 0.25) is 0 Å². The molecule has 1 unspecified atom stereocenters. The molecule has 18 heavy (non-hydrogen) atoms. The van der Waals surface area contributed by atoms with Gasteiger partial charge in [0.15, 0.2) is 0 Å². The van der Waals surface area contributed by atoms with E-state index in [1.165, 1.54) is 19.3 Å². The van der Waals surface area contributed by atoms with Crippen LogP contribution in [0.25, 0.3) is 11.0 Å². The minimum Gasteiger partial charge on any atom is -0.366 e. The summed E-state index contributed by atoms with van der Waals surface area (Å²) >= 11 is 0. The van der Waals surface area contributed by atoms with Gasteiger partial charge >= 0.3 is 0 Å². The summed E-state index contributed by atoms with van der Waals surface area (Å²) in [6.07, 6.45) is 3.65. The first-order valence-corrected chi connectivity index (χ1v) is 6.70. The highest BCUT2D eigenvalue weighted by atomic mass is 15.0. The molecule has 2 aromatic rings. The van der Waals surface area contributed by atoms with Crippen molar-refractivity contribution in [2.45, 2.75) is 46.1 Å². The number of para-hydroxylation sites is 2. The zero-order valence-electron chi connectivity index (χ0n) is 11.4. The van der Waals surface area contributed by atoms with E-state index in [0.717, 1.165) is 22.5 Å². The molecule has 3 heteroatoms. The van der Waals surface area contributed by atoms with E-state index in [0.29, 0.717) is 6.04 Å². The Kier molecular flexibility index (Phi) is 4.13. The van der Waals surface area contributed by atoms with E-state index in [2.05, 4.69) is 29.1 Å². The number of fused-ring (bicyclic) bond motifs is 1. The molecule has 0 aliphatic rings. The number of unbranched alkanes of at least 4 members (excludes halogenated alkanes) is 1. The number of nitrogens with one attached hydrogen (secondary N) is 1. The Balaban J connectivity index is 2.19. The Hall–Kier alpha value is -1.64. The summed E-state index contributed by atoms with van der Waals surface area (Å²) in [5, 5.41) is 3.46. The van der Waals surface area contributed by atoms with Crippen LogP contribution in [0.4, 0.5) is 5.82 Å². The van der Waals surface area contributed by atoms with Crippen LogP contribution >= 0.6 is 0 Å². The number of aromatic nitrogens is 2. The minimum atomic E-state index is 0.444. The molecule has 0 amide bonds. The van der Waals surface area contributed by atoms with Crippen LogP contribution in [-0.2, 0) is 0 Å². The molecule has 3 nitrogen and oxygen atoms in total. The number of hydrogen-bond acceptors (Lipinski definition) is 3. The molecule has 1 aromatic heterocycles. The summed E-state index contributed by atoms with van der Waals surface area (Å²) < 4.78 is 0. The van der Waals surface area contributed by atoms with Crippen molar-refractivity contribution in [2.75, 3.05) is 5.32 Å². The van der Waals surface area contributed by atoms with Crippen LogP contribution < -0.4 is 5.32 Å². The first kappa shape index (κ1) is 12.8. The molecule has 0 radical (unpaired) electrons. The first-order chi connectivity index (χ1) is 8.70. The van der Waals surface area contributed by atoms with Gasteiger partial charge in [-0.05, 0) is 32.4 Å². The smallest absolute Gasteiger partial charge is 0.148 e. The Morgan fingerprint density at radius 3 is 2.50 bits per heavy atom. The highest BCUT2D eigenvalue weighted by molar-refractivity contribution is 5.76. The monoisotopic (exact) mass is 243 g/mol. The van der Waals surface area contributed by atoms with Crippen LogP contribution in [0, 0.1) is 6.92 Å². The second-order valence-corrected chi connectivity index (χ2v) is 4.83. The van der Waals surface area contributed by atoms with Gasteiger partial charge in [0.25, 0.3) is 0 Å². The average molecular weight is 243 g/mol. The fourth-order valence-electron chi connectivity index (χ4n) is 2.04.